The Morgan fingerprint density at radius 1 is 0.850 bits per heavy atom. The van der Waals surface area contributed by atoms with Crippen LogP contribution in [-0.2, 0) is 0 Å². The van der Waals surface area contributed by atoms with Gasteiger partial charge in [-0.15, -0.1) is 0 Å². The first-order valence-corrected chi connectivity index (χ1v) is 6.76. The highest BCUT2D eigenvalue weighted by molar-refractivity contribution is 6.20. The van der Waals surface area contributed by atoms with Gasteiger partial charge in [0.25, 0.3) is 0 Å². The third-order valence-electron chi connectivity index (χ3n) is 4.02. The molecule has 98 valence electrons. The number of para-hydroxylation sites is 1. The fourth-order valence-electron chi connectivity index (χ4n) is 3.05. The lowest BCUT2D eigenvalue weighted by molar-refractivity contribution is 0.415. The average Bonchev–Trinajstić information content (AvgIpc) is 2.85. The average molecular weight is 261 g/mol. The van der Waals surface area contributed by atoms with E-state index in [0.29, 0.717) is 0 Å². The van der Waals surface area contributed by atoms with E-state index in [4.69, 9.17) is 4.74 Å². The van der Waals surface area contributed by atoms with E-state index in [1.54, 1.807) is 7.11 Å². The van der Waals surface area contributed by atoms with Crippen LogP contribution in [0.15, 0.2) is 48.5 Å². The Balaban J connectivity index is 2.27. The number of methoxy groups -OCH3 is 1. The van der Waals surface area contributed by atoms with Crippen molar-refractivity contribution in [3.8, 4) is 5.75 Å². The van der Waals surface area contributed by atoms with Gasteiger partial charge in [0.15, 0.2) is 0 Å². The fraction of sp³-hybridized carbons (Fsp3) is 0.111. The second kappa shape index (κ2) is 4.01. The monoisotopic (exact) mass is 261 g/mol. The van der Waals surface area contributed by atoms with Crippen LogP contribution in [0, 0.1) is 6.92 Å². The van der Waals surface area contributed by atoms with Gasteiger partial charge in [-0.3, -0.25) is 0 Å². The van der Waals surface area contributed by atoms with Crippen LogP contribution < -0.4 is 4.74 Å². The highest BCUT2D eigenvalue weighted by Crippen LogP contribution is 2.35. The quantitative estimate of drug-likeness (QED) is 0.523. The van der Waals surface area contributed by atoms with Gasteiger partial charge < -0.3 is 9.72 Å². The molecule has 0 unspecified atom stereocenters. The molecule has 0 radical (unpaired) electrons. The van der Waals surface area contributed by atoms with Crippen LogP contribution in [0.2, 0.25) is 0 Å². The summed E-state index contributed by atoms with van der Waals surface area (Å²) in [6.07, 6.45) is 0. The molecule has 0 saturated heterocycles. The molecule has 1 heterocycles. The van der Waals surface area contributed by atoms with Crippen molar-refractivity contribution in [1.29, 1.82) is 0 Å². The maximum Gasteiger partial charge on any atom is 0.119 e. The Labute approximate surface area is 117 Å². The molecule has 0 saturated carbocycles. The maximum atomic E-state index is 5.35. The molecule has 0 atom stereocenters. The Hall–Kier alpha value is -2.48. The zero-order chi connectivity index (χ0) is 13.7. The number of hydrogen-bond acceptors (Lipinski definition) is 1. The van der Waals surface area contributed by atoms with E-state index < -0.39 is 0 Å². The molecular formula is C18H15NO. The van der Waals surface area contributed by atoms with Crippen molar-refractivity contribution in [3.63, 3.8) is 0 Å². The van der Waals surface area contributed by atoms with Crippen molar-refractivity contribution < 1.29 is 4.74 Å². The maximum absolute atomic E-state index is 5.35. The molecule has 0 aliphatic heterocycles. The van der Waals surface area contributed by atoms with E-state index in [1.165, 1.54) is 38.1 Å². The Morgan fingerprint density at radius 2 is 1.70 bits per heavy atom. The number of nitrogens with one attached hydrogen (secondary N) is 1. The summed E-state index contributed by atoms with van der Waals surface area (Å²) < 4.78 is 5.35. The van der Waals surface area contributed by atoms with Gasteiger partial charge in [0.1, 0.15) is 5.75 Å². The second-order valence-electron chi connectivity index (χ2n) is 5.20. The number of aryl methyl sites for hydroxylation is 1. The minimum atomic E-state index is 0.903. The van der Waals surface area contributed by atoms with Crippen molar-refractivity contribution in [3.05, 3.63) is 54.1 Å². The lowest BCUT2D eigenvalue weighted by Gasteiger charge is -2.07. The molecule has 2 heteroatoms. The summed E-state index contributed by atoms with van der Waals surface area (Å²) in [4.78, 5) is 3.51. The van der Waals surface area contributed by atoms with Gasteiger partial charge in [-0.2, -0.15) is 0 Å². The molecule has 1 aromatic heterocycles. The van der Waals surface area contributed by atoms with E-state index in [2.05, 4.69) is 54.4 Å². The standard InChI is InChI=1S/C18H15NO/c1-11-9-17-18(14-5-3-4-6-16(14)19-17)13-8-7-12(20-2)10-15(11)13/h3-10,19H,1-2H3. The topological polar surface area (TPSA) is 25.0 Å². The molecular weight excluding hydrogens is 246 g/mol. The van der Waals surface area contributed by atoms with E-state index >= 15 is 0 Å². The summed E-state index contributed by atoms with van der Waals surface area (Å²) in [6, 6.07) is 17.0. The number of ether oxygens (including phenoxy) is 1. The Kier molecular flexibility index (Phi) is 2.27. The van der Waals surface area contributed by atoms with Crippen LogP contribution in [0.5, 0.6) is 5.75 Å². The van der Waals surface area contributed by atoms with Crippen molar-refractivity contribution in [2.45, 2.75) is 6.92 Å². The van der Waals surface area contributed by atoms with E-state index in [9.17, 15) is 0 Å². The minimum Gasteiger partial charge on any atom is -0.497 e. The molecule has 0 aliphatic rings. The van der Waals surface area contributed by atoms with Crippen LogP contribution in [0.3, 0.4) is 0 Å². The second-order valence-corrected chi connectivity index (χ2v) is 5.20. The molecule has 0 spiro atoms. The van der Waals surface area contributed by atoms with Gasteiger partial charge in [-0.1, -0.05) is 18.2 Å². The van der Waals surface area contributed by atoms with Crippen molar-refractivity contribution in [2.75, 3.05) is 7.11 Å². The van der Waals surface area contributed by atoms with Gasteiger partial charge in [-0.05, 0) is 53.6 Å². The summed E-state index contributed by atoms with van der Waals surface area (Å²) in [5.41, 5.74) is 3.64. The Morgan fingerprint density at radius 3 is 2.55 bits per heavy atom. The van der Waals surface area contributed by atoms with Gasteiger partial charge in [0.05, 0.1) is 7.11 Å². The lowest BCUT2D eigenvalue weighted by atomic mass is 9.99. The Bertz CT molecular complexity index is 950. The van der Waals surface area contributed by atoms with Crippen LogP contribution in [0.1, 0.15) is 5.56 Å². The minimum absolute atomic E-state index is 0.903. The van der Waals surface area contributed by atoms with Gasteiger partial charge >= 0.3 is 0 Å². The zero-order valence-corrected chi connectivity index (χ0v) is 11.5. The SMILES string of the molecule is COc1ccc2c(c1)c(C)cc1[nH]c3ccccc3c12. The molecule has 4 rings (SSSR count). The first-order valence-electron chi connectivity index (χ1n) is 6.76. The number of benzene rings is 3. The van der Waals surface area contributed by atoms with E-state index in [1.807, 2.05) is 6.07 Å². The summed E-state index contributed by atoms with van der Waals surface area (Å²) in [6.45, 7) is 2.15. The largest absolute Gasteiger partial charge is 0.497 e. The van der Waals surface area contributed by atoms with E-state index in [0.717, 1.165) is 5.75 Å². The molecule has 3 aromatic carbocycles. The summed E-state index contributed by atoms with van der Waals surface area (Å²) in [5, 5.41) is 5.10. The van der Waals surface area contributed by atoms with Crippen molar-refractivity contribution >= 4 is 32.6 Å². The number of hydrogen-bond donors (Lipinski definition) is 1. The molecule has 1 N–H and O–H groups in total. The smallest absolute Gasteiger partial charge is 0.119 e. The predicted octanol–water partition coefficient (Wildman–Crippen LogP) is 4.79. The molecule has 20 heavy (non-hydrogen) atoms. The fourth-order valence-corrected chi connectivity index (χ4v) is 3.05. The molecule has 0 aliphatic carbocycles. The zero-order valence-electron chi connectivity index (χ0n) is 11.5. The third kappa shape index (κ3) is 1.45. The summed E-state index contributed by atoms with van der Waals surface area (Å²) >= 11 is 0. The number of H-pyrrole nitrogens is 1. The van der Waals surface area contributed by atoms with Gasteiger partial charge in [0, 0.05) is 21.8 Å². The van der Waals surface area contributed by atoms with Crippen LogP contribution in [0.25, 0.3) is 32.6 Å². The van der Waals surface area contributed by atoms with E-state index in [-0.39, 0.29) is 0 Å². The highest BCUT2D eigenvalue weighted by Gasteiger charge is 2.10. The van der Waals surface area contributed by atoms with Gasteiger partial charge in [0.2, 0.25) is 0 Å². The first kappa shape index (κ1) is 11.4. The number of rotatable bonds is 1. The third-order valence-corrected chi connectivity index (χ3v) is 4.02. The molecule has 0 amide bonds. The highest BCUT2D eigenvalue weighted by atomic mass is 16.5. The van der Waals surface area contributed by atoms with Crippen molar-refractivity contribution in [2.24, 2.45) is 0 Å². The van der Waals surface area contributed by atoms with Crippen LogP contribution in [-0.4, -0.2) is 12.1 Å². The van der Waals surface area contributed by atoms with Crippen LogP contribution in [0.4, 0.5) is 0 Å². The molecule has 0 bridgehead atoms. The molecule has 4 aromatic rings. The van der Waals surface area contributed by atoms with Crippen molar-refractivity contribution in [1.82, 2.24) is 4.98 Å². The summed E-state index contributed by atoms with van der Waals surface area (Å²) in [5.74, 6) is 0.903. The number of fused-ring (bicyclic) bond motifs is 5. The lowest BCUT2D eigenvalue weighted by Crippen LogP contribution is -1.85. The first-order chi connectivity index (χ1) is 9.78. The number of aromatic amines is 1. The summed E-state index contributed by atoms with van der Waals surface area (Å²) in [7, 11) is 1.71. The number of aromatic nitrogens is 1. The van der Waals surface area contributed by atoms with Crippen LogP contribution >= 0.6 is 0 Å². The normalized spacial score (nSPS) is 11.5. The molecule has 2 nitrogen and oxygen atoms in total. The van der Waals surface area contributed by atoms with Gasteiger partial charge in [-0.25, -0.2) is 0 Å². The molecule has 0 fully saturated rings. The predicted molar refractivity (Wildman–Crippen MR) is 84.6 cm³/mol.